The van der Waals surface area contributed by atoms with Crippen LogP contribution in [-0.2, 0) is 11.2 Å². The molecule has 98 valence electrons. The summed E-state index contributed by atoms with van der Waals surface area (Å²) < 4.78 is 0. The number of hydrogen-bond acceptors (Lipinski definition) is 2. The second-order valence-corrected chi connectivity index (χ2v) is 5.12. The minimum Gasteiger partial charge on any atom is -0.353 e. The highest BCUT2D eigenvalue weighted by atomic mass is 16.1. The van der Waals surface area contributed by atoms with E-state index < -0.39 is 0 Å². The molecular formula is C15H22N2O. The van der Waals surface area contributed by atoms with Gasteiger partial charge in [0.15, 0.2) is 0 Å². The summed E-state index contributed by atoms with van der Waals surface area (Å²) >= 11 is 0. The molecule has 1 aromatic heterocycles. The number of carbonyl (C=O) groups is 1. The lowest BCUT2D eigenvalue weighted by atomic mass is 10.1. The van der Waals surface area contributed by atoms with Gasteiger partial charge in [0.1, 0.15) is 0 Å². The van der Waals surface area contributed by atoms with E-state index in [0.29, 0.717) is 12.5 Å². The van der Waals surface area contributed by atoms with Gasteiger partial charge in [0.25, 0.3) is 0 Å². The molecule has 0 unspecified atom stereocenters. The first-order valence-corrected chi connectivity index (χ1v) is 7.03. The van der Waals surface area contributed by atoms with Gasteiger partial charge in [-0.3, -0.25) is 9.78 Å². The molecule has 1 saturated carbocycles. The zero-order valence-electron chi connectivity index (χ0n) is 10.9. The van der Waals surface area contributed by atoms with Crippen LogP contribution < -0.4 is 5.32 Å². The van der Waals surface area contributed by atoms with E-state index in [9.17, 15) is 4.79 Å². The molecule has 1 aliphatic rings. The third kappa shape index (κ3) is 4.47. The number of nitrogens with one attached hydrogen (secondary N) is 1. The van der Waals surface area contributed by atoms with Gasteiger partial charge in [-0.1, -0.05) is 31.7 Å². The molecule has 1 amide bonds. The van der Waals surface area contributed by atoms with E-state index in [2.05, 4.69) is 10.3 Å². The first-order valence-electron chi connectivity index (χ1n) is 7.03. The molecule has 0 aromatic carbocycles. The van der Waals surface area contributed by atoms with E-state index in [0.717, 1.165) is 24.8 Å². The summed E-state index contributed by atoms with van der Waals surface area (Å²) in [5.74, 6) is 0.186. The van der Waals surface area contributed by atoms with Gasteiger partial charge in [0, 0.05) is 24.9 Å². The number of hydrogen-bond donors (Lipinski definition) is 1. The summed E-state index contributed by atoms with van der Waals surface area (Å²) in [6.07, 6.45) is 12.4. The lowest BCUT2D eigenvalue weighted by molar-refractivity contribution is -0.121. The quantitative estimate of drug-likeness (QED) is 0.830. The second-order valence-electron chi connectivity index (χ2n) is 5.12. The van der Waals surface area contributed by atoms with Gasteiger partial charge in [-0.15, -0.1) is 0 Å². The molecule has 3 nitrogen and oxygen atoms in total. The van der Waals surface area contributed by atoms with Crippen molar-refractivity contribution in [2.45, 2.75) is 57.4 Å². The van der Waals surface area contributed by atoms with Crippen LogP contribution in [-0.4, -0.2) is 16.9 Å². The van der Waals surface area contributed by atoms with Crippen molar-refractivity contribution >= 4 is 5.91 Å². The van der Waals surface area contributed by atoms with E-state index in [4.69, 9.17) is 0 Å². The van der Waals surface area contributed by atoms with Crippen molar-refractivity contribution in [3.8, 4) is 0 Å². The van der Waals surface area contributed by atoms with Crippen LogP contribution in [0.2, 0.25) is 0 Å². The molecule has 1 aromatic rings. The molecule has 0 bridgehead atoms. The predicted octanol–water partition coefficient (Wildman–Crippen LogP) is 2.85. The summed E-state index contributed by atoms with van der Waals surface area (Å²) in [7, 11) is 0. The normalized spacial score (nSPS) is 17.1. The zero-order chi connectivity index (χ0) is 12.6. The number of aromatic nitrogens is 1. The second kappa shape index (κ2) is 7.14. The van der Waals surface area contributed by atoms with Crippen LogP contribution in [0.15, 0.2) is 24.5 Å². The molecule has 3 heteroatoms. The third-order valence-corrected chi connectivity index (χ3v) is 3.58. The molecule has 1 fully saturated rings. The molecular weight excluding hydrogens is 224 g/mol. The Morgan fingerprint density at radius 1 is 1.28 bits per heavy atom. The predicted molar refractivity (Wildman–Crippen MR) is 72.2 cm³/mol. The van der Waals surface area contributed by atoms with Crippen LogP contribution in [0.4, 0.5) is 0 Å². The number of pyridine rings is 1. The lowest BCUT2D eigenvalue weighted by Crippen LogP contribution is -2.34. The number of rotatable bonds is 4. The molecule has 0 aliphatic heterocycles. The molecule has 1 heterocycles. The van der Waals surface area contributed by atoms with Crippen molar-refractivity contribution in [2.75, 3.05) is 0 Å². The van der Waals surface area contributed by atoms with Crippen LogP contribution in [0.5, 0.6) is 0 Å². The van der Waals surface area contributed by atoms with Gasteiger partial charge in [0.2, 0.25) is 5.91 Å². The average Bonchev–Trinajstić information content (AvgIpc) is 2.66. The molecule has 0 spiro atoms. The Morgan fingerprint density at radius 2 is 2.06 bits per heavy atom. The molecule has 2 rings (SSSR count). The Balaban J connectivity index is 1.71. The minimum atomic E-state index is 0.186. The maximum atomic E-state index is 11.9. The van der Waals surface area contributed by atoms with E-state index in [1.807, 2.05) is 18.3 Å². The summed E-state index contributed by atoms with van der Waals surface area (Å²) in [4.78, 5) is 15.9. The molecule has 1 N–H and O–H groups in total. The number of amides is 1. The minimum absolute atomic E-state index is 0.186. The highest BCUT2D eigenvalue weighted by Crippen LogP contribution is 2.17. The van der Waals surface area contributed by atoms with Crippen molar-refractivity contribution in [2.24, 2.45) is 0 Å². The Bertz CT molecular complexity index is 356. The SMILES string of the molecule is O=C(CCc1cccnc1)NC1CCCCCC1. The summed E-state index contributed by atoms with van der Waals surface area (Å²) in [6, 6.07) is 4.35. The van der Waals surface area contributed by atoms with Crippen LogP contribution in [0.3, 0.4) is 0 Å². The van der Waals surface area contributed by atoms with Gasteiger partial charge in [-0.25, -0.2) is 0 Å². The van der Waals surface area contributed by atoms with Gasteiger partial charge >= 0.3 is 0 Å². The molecule has 0 saturated heterocycles. The summed E-state index contributed by atoms with van der Waals surface area (Å²) in [5.41, 5.74) is 1.13. The monoisotopic (exact) mass is 246 g/mol. The molecule has 0 atom stereocenters. The van der Waals surface area contributed by atoms with E-state index in [1.54, 1.807) is 6.20 Å². The van der Waals surface area contributed by atoms with Crippen molar-refractivity contribution in [3.63, 3.8) is 0 Å². The molecule has 18 heavy (non-hydrogen) atoms. The average molecular weight is 246 g/mol. The lowest BCUT2D eigenvalue weighted by Gasteiger charge is -2.16. The van der Waals surface area contributed by atoms with Crippen molar-refractivity contribution in [1.29, 1.82) is 0 Å². The zero-order valence-corrected chi connectivity index (χ0v) is 10.9. The number of carbonyl (C=O) groups excluding carboxylic acids is 1. The standard InChI is InChI=1S/C15H22N2O/c18-15(10-9-13-6-5-11-16-12-13)17-14-7-3-1-2-4-8-14/h5-6,11-12,14H,1-4,7-10H2,(H,17,18). The number of nitrogens with zero attached hydrogens (tertiary/aromatic N) is 1. The maximum absolute atomic E-state index is 11.9. The Kier molecular flexibility index (Phi) is 5.18. The maximum Gasteiger partial charge on any atom is 0.220 e. The smallest absolute Gasteiger partial charge is 0.220 e. The topological polar surface area (TPSA) is 42.0 Å². The first-order chi connectivity index (χ1) is 8.84. The highest BCUT2D eigenvalue weighted by molar-refractivity contribution is 5.76. The fourth-order valence-electron chi connectivity index (χ4n) is 2.53. The van der Waals surface area contributed by atoms with Gasteiger partial charge in [-0.2, -0.15) is 0 Å². The fourth-order valence-corrected chi connectivity index (χ4v) is 2.53. The van der Waals surface area contributed by atoms with E-state index in [1.165, 1.54) is 25.7 Å². The fraction of sp³-hybridized carbons (Fsp3) is 0.600. The van der Waals surface area contributed by atoms with Crippen LogP contribution in [0, 0.1) is 0 Å². The van der Waals surface area contributed by atoms with Crippen molar-refractivity contribution in [3.05, 3.63) is 30.1 Å². The van der Waals surface area contributed by atoms with Gasteiger partial charge in [-0.05, 0) is 30.9 Å². The van der Waals surface area contributed by atoms with Crippen LogP contribution >= 0.6 is 0 Å². The van der Waals surface area contributed by atoms with Crippen LogP contribution in [0.1, 0.15) is 50.5 Å². The molecule has 1 aliphatic carbocycles. The Labute approximate surface area is 109 Å². The summed E-state index contributed by atoms with van der Waals surface area (Å²) in [5, 5.41) is 3.17. The highest BCUT2D eigenvalue weighted by Gasteiger charge is 2.14. The molecule has 0 radical (unpaired) electrons. The van der Waals surface area contributed by atoms with Crippen LogP contribution in [0.25, 0.3) is 0 Å². The Hall–Kier alpha value is -1.38. The van der Waals surface area contributed by atoms with E-state index >= 15 is 0 Å². The first kappa shape index (κ1) is 13.1. The van der Waals surface area contributed by atoms with Crippen molar-refractivity contribution < 1.29 is 4.79 Å². The third-order valence-electron chi connectivity index (χ3n) is 3.58. The summed E-state index contributed by atoms with van der Waals surface area (Å²) in [6.45, 7) is 0. The largest absolute Gasteiger partial charge is 0.353 e. The Morgan fingerprint density at radius 3 is 2.72 bits per heavy atom. The van der Waals surface area contributed by atoms with E-state index in [-0.39, 0.29) is 5.91 Å². The van der Waals surface area contributed by atoms with Gasteiger partial charge < -0.3 is 5.32 Å². The number of aryl methyl sites for hydroxylation is 1. The van der Waals surface area contributed by atoms with Crippen molar-refractivity contribution in [1.82, 2.24) is 10.3 Å². The van der Waals surface area contributed by atoms with Gasteiger partial charge in [0.05, 0.1) is 0 Å².